The van der Waals surface area contributed by atoms with E-state index < -0.39 is 0 Å². The largest absolute Gasteiger partial charge is 0.508 e. The van der Waals surface area contributed by atoms with Gasteiger partial charge in [-0.3, -0.25) is 0 Å². The van der Waals surface area contributed by atoms with Gasteiger partial charge in [0.25, 0.3) is 0 Å². The molecule has 0 fully saturated rings. The van der Waals surface area contributed by atoms with Crippen molar-refractivity contribution in [1.29, 1.82) is 0 Å². The lowest BCUT2D eigenvalue weighted by Crippen LogP contribution is -1.84. The first kappa shape index (κ1) is 8.81. The third kappa shape index (κ3) is 1.49. The number of phenolic OH excluding ortho intramolecular Hbond substituents is 1. The molecule has 0 heterocycles. The quantitative estimate of drug-likeness (QED) is 0.532. The predicted octanol–water partition coefficient (Wildman–Crippen LogP) is 2.59. The van der Waals surface area contributed by atoms with Crippen LogP contribution in [0, 0.1) is 13.8 Å². The van der Waals surface area contributed by atoms with Crippen LogP contribution in [-0.4, -0.2) is 5.11 Å². The second kappa shape index (κ2) is 2.99. The highest BCUT2D eigenvalue weighted by Crippen LogP contribution is 2.31. The van der Waals surface area contributed by atoms with Crippen molar-refractivity contribution in [2.24, 2.45) is 0 Å². The Bertz CT molecular complexity index is 268. The first-order chi connectivity index (χ1) is 5.04. The predicted molar refractivity (Wildman–Crippen MR) is 52.1 cm³/mol. The molecular weight excluding hydrogens is 176 g/mol. The lowest BCUT2D eigenvalue weighted by atomic mass is 10.1. The Morgan fingerprint density at radius 2 is 1.73 bits per heavy atom. The maximum atomic E-state index is 9.32. The van der Waals surface area contributed by atoms with Crippen LogP contribution in [0.25, 0.3) is 0 Å². The van der Waals surface area contributed by atoms with E-state index in [0.29, 0.717) is 0 Å². The summed E-state index contributed by atoms with van der Waals surface area (Å²) in [7, 11) is 0. The zero-order chi connectivity index (χ0) is 8.59. The summed E-state index contributed by atoms with van der Waals surface area (Å²) in [5.41, 5.74) is 1.73. The van der Waals surface area contributed by atoms with Crippen molar-refractivity contribution in [3.63, 3.8) is 0 Å². The fourth-order valence-corrected chi connectivity index (χ4v) is 1.39. The third-order valence-electron chi connectivity index (χ3n) is 1.69. The summed E-state index contributed by atoms with van der Waals surface area (Å²) < 4.78 is 0. The van der Waals surface area contributed by atoms with Crippen LogP contribution in [0.15, 0.2) is 15.9 Å². The van der Waals surface area contributed by atoms with Crippen molar-refractivity contribution < 1.29 is 5.11 Å². The number of rotatable bonds is 0. The van der Waals surface area contributed by atoms with Crippen LogP contribution < -0.4 is 0 Å². The van der Waals surface area contributed by atoms with Crippen molar-refractivity contribution in [3.05, 3.63) is 17.2 Å². The van der Waals surface area contributed by atoms with Gasteiger partial charge in [0.2, 0.25) is 0 Å². The molecule has 0 aromatic heterocycles. The van der Waals surface area contributed by atoms with Crippen LogP contribution in [-0.2, 0) is 0 Å². The van der Waals surface area contributed by atoms with E-state index in [1.807, 2.05) is 13.8 Å². The summed E-state index contributed by atoms with van der Waals surface area (Å²) in [6.45, 7) is 3.71. The number of thiol groups is 2. The number of aryl methyl sites for hydroxylation is 1. The topological polar surface area (TPSA) is 20.2 Å². The number of benzene rings is 1. The van der Waals surface area contributed by atoms with Gasteiger partial charge in [0.05, 0.1) is 0 Å². The molecule has 1 N–H and O–H groups in total. The zero-order valence-corrected chi connectivity index (χ0v) is 8.21. The van der Waals surface area contributed by atoms with Crippen molar-refractivity contribution in [1.82, 2.24) is 0 Å². The molecule has 1 aromatic rings. The van der Waals surface area contributed by atoms with Gasteiger partial charge in [0, 0.05) is 15.4 Å². The maximum Gasteiger partial charge on any atom is 0.119 e. The molecular formula is C8H10OS2. The van der Waals surface area contributed by atoms with Crippen LogP contribution in [0.3, 0.4) is 0 Å². The van der Waals surface area contributed by atoms with Gasteiger partial charge in [-0.25, -0.2) is 0 Å². The number of hydrogen-bond donors (Lipinski definition) is 3. The van der Waals surface area contributed by atoms with Crippen LogP contribution in [0.5, 0.6) is 5.75 Å². The van der Waals surface area contributed by atoms with Gasteiger partial charge in [0.1, 0.15) is 5.75 Å². The van der Waals surface area contributed by atoms with Gasteiger partial charge in [-0.05, 0) is 25.5 Å². The van der Waals surface area contributed by atoms with Crippen LogP contribution in [0.4, 0.5) is 0 Å². The van der Waals surface area contributed by atoms with Crippen molar-refractivity contribution >= 4 is 25.3 Å². The number of phenols is 1. The van der Waals surface area contributed by atoms with Crippen LogP contribution in [0.2, 0.25) is 0 Å². The van der Waals surface area contributed by atoms with Crippen LogP contribution >= 0.6 is 25.3 Å². The van der Waals surface area contributed by atoms with E-state index in [4.69, 9.17) is 0 Å². The molecule has 0 aliphatic carbocycles. The Morgan fingerprint density at radius 3 is 2.27 bits per heavy atom. The van der Waals surface area contributed by atoms with Crippen molar-refractivity contribution in [3.8, 4) is 5.75 Å². The lowest BCUT2D eigenvalue weighted by molar-refractivity contribution is 0.467. The van der Waals surface area contributed by atoms with Gasteiger partial charge in [-0.1, -0.05) is 0 Å². The molecule has 11 heavy (non-hydrogen) atoms. The first-order valence-electron chi connectivity index (χ1n) is 3.25. The summed E-state index contributed by atoms with van der Waals surface area (Å²) in [5, 5.41) is 9.32. The van der Waals surface area contributed by atoms with Gasteiger partial charge in [-0.2, -0.15) is 0 Å². The molecule has 0 unspecified atom stereocenters. The van der Waals surface area contributed by atoms with Gasteiger partial charge >= 0.3 is 0 Å². The summed E-state index contributed by atoms with van der Waals surface area (Å²) in [6, 6.07) is 1.69. The molecule has 1 aromatic carbocycles. The molecule has 0 saturated heterocycles. The average molecular weight is 186 g/mol. The number of hydrogen-bond acceptors (Lipinski definition) is 3. The SMILES string of the molecule is Cc1cc(O)c(C)c(S)c1S. The molecule has 0 aliphatic heterocycles. The second-order valence-electron chi connectivity index (χ2n) is 2.53. The molecule has 0 saturated carbocycles. The van der Waals surface area contributed by atoms with Gasteiger partial charge in [0.15, 0.2) is 0 Å². The minimum atomic E-state index is 0.283. The highest BCUT2D eigenvalue weighted by Gasteiger charge is 2.06. The molecule has 1 nitrogen and oxygen atoms in total. The molecule has 1 rings (SSSR count). The summed E-state index contributed by atoms with van der Waals surface area (Å²) >= 11 is 8.46. The normalized spacial score (nSPS) is 10.2. The standard InChI is InChI=1S/C8H10OS2/c1-4-3-6(9)5(2)8(11)7(4)10/h3,9-11H,1-2H3. The molecule has 0 spiro atoms. The molecule has 0 radical (unpaired) electrons. The second-order valence-corrected chi connectivity index (χ2v) is 3.43. The van der Waals surface area contributed by atoms with E-state index in [9.17, 15) is 5.11 Å². The maximum absolute atomic E-state index is 9.32. The van der Waals surface area contributed by atoms with E-state index in [-0.39, 0.29) is 5.75 Å². The fraction of sp³-hybridized carbons (Fsp3) is 0.250. The third-order valence-corrected chi connectivity index (χ3v) is 3.00. The van der Waals surface area contributed by atoms with E-state index in [1.165, 1.54) is 0 Å². The highest BCUT2D eigenvalue weighted by molar-refractivity contribution is 7.83. The Kier molecular flexibility index (Phi) is 2.40. The van der Waals surface area contributed by atoms with Crippen molar-refractivity contribution in [2.45, 2.75) is 23.6 Å². The Hall–Kier alpha value is -0.280. The van der Waals surface area contributed by atoms with E-state index >= 15 is 0 Å². The molecule has 0 atom stereocenters. The zero-order valence-electron chi connectivity index (χ0n) is 6.42. The average Bonchev–Trinajstić information content (AvgIpc) is 1.97. The summed E-state index contributed by atoms with van der Waals surface area (Å²) in [6.07, 6.45) is 0. The van der Waals surface area contributed by atoms with E-state index in [2.05, 4.69) is 25.3 Å². The Morgan fingerprint density at radius 1 is 1.18 bits per heavy atom. The fourth-order valence-electron chi connectivity index (χ4n) is 0.867. The molecule has 60 valence electrons. The van der Waals surface area contributed by atoms with Gasteiger partial charge in [-0.15, -0.1) is 25.3 Å². The van der Waals surface area contributed by atoms with E-state index in [0.717, 1.165) is 20.9 Å². The minimum absolute atomic E-state index is 0.283. The van der Waals surface area contributed by atoms with Gasteiger partial charge < -0.3 is 5.11 Å². The number of aromatic hydroxyl groups is 1. The molecule has 3 heteroatoms. The Balaban J connectivity index is 3.46. The van der Waals surface area contributed by atoms with Crippen molar-refractivity contribution in [2.75, 3.05) is 0 Å². The summed E-state index contributed by atoms with van der Waals surface area (Å²) in [5.74, 6) is 0.283. The minimum Gasteiger partial charge on any atom is -0.508 e. The lowest BCUT2D eigenvalue weighted by Gasteiger charge is -2.07. The van der Waals surface area contributed by atoms with Crippen LogP contribution in [0.1, 0.15) is 11.1 Å². The first-order valence-corrected chi connectivity index (χ1v) is 4.14. The monoisotopic (exact) mass is 186 g/mol. The highest BCUT2D eigenvalue weighted by atomic mass is 32.1. The van der Waals surface area contributed by atoms with E-state index in [1.54, 1.807) is 6.07 Å². The molecule has 0 bridgehead atoms. The summed E-state index contributed by atoms with van der Waals surface area (Å²) in [4.78, 5) is 1.59. The molecule has 0 amide bonds. The molecule has 0 aliphatic rings. The Labute approximate surface area is 77.3 Å². The smallest absolute Gasteiger partial charge is 0.119 e.